The van der Waals surface area contributed by atoms with E-state index in [2.05, 4.69) is 5.32 Å². The number of carbonyl (C=O) groups excluding carboxylic acids is 1. The van der Waals surface area contributed by atoms with Gasteiger partial charge in [-0.1, -0.05) is 83.9 Å². The molecule has 35 heavy (non-hydrogen) atoms. The monoisotopic (exact) mass is 529 g/mol. The van der Waals surface area contributed by atoms with Gasteiger partial charge in [0.1, 0.15) is 6.04 Å². The molecule has 1 aliphatic rings. The first-order valence-corrected chi connectivity index (χ1v) is 13.4. The maximum absolute atomic E-state index is 13.4. The molecule has 0 aromatic heterocycles. The van der Waals surface area contributed by atoms with Gasteiger partial charge in [-0.05, 0) is 35.4 Å². The third-order valence-corrected chi connectivity index (χ3v) is 7.73. The van der Waals surface area contributed by atoms with E-state index in [1.165, 1.54) is 9.71 Å². The fraction of sp³-hybridized carbons (Fsp3) is 0.192. The van der Waals surface area contributed by atoms with E-state index in [1.807, 2.05) is 65.6 Å². The van der Waals surface area contributed by atoms with Crippen LogP contribution in [0, 0.1) is 0 Å². The number of sulfonamides is 1. The Morgan fingerprint density at radius 1 is 0.857 bits per heavy atom. The van der Waals surface area contributed by atoms with Crippen LogP contribution in [0.15, 0.2) is 84.3 Å². The van der Waals surface area contributed by atoms with Crippen molar-refractivity contribution in [1.82, 2.24) is 9.21 Å². The third kappa shape index (κ3) is 6.72. The predicted molar refractivity (Wildman–Crippen MR) is 142 cm³/mol. The van der Waals surface area contributed by atoms with Gasteiger partial charge in [-0.3, -0.25) is 9.69 Å². The Balaban J connectivity index is 1.49. The van der Waals surface area contributed by atoms with E-state index in [9.17, 15) is 13.2 Å². The number of nitrogens with one attached hydrogen (secondary N) is 1. The highest BCUT2D eigenvalue weighted by molar-refractivity contribution is 7.92. The molecular weight excluding hydrogens is 505 g/mol. The molecule has 0 aliphatic carbocycles. The summed E-state index contributed by atoms with van der Waals surface area (Å²) in [6, 6.07) is 23.0. The summed E-state index contributed by atoms with van der Waals surface area (Å²) < 4.78 is 27.2. The number of benzene rings is 3. The highest BCUT2D eigenvalue weighted by atomic mass is 35.5. The van der Waals surface area contributed by atoms with Crippen molar-refractivity contribution in [2.24, 2.45) is 0 Å². The fourth-order valence-electron chi connectivity index (χ4n) is 4.03. The summed E-state index contributed by atoms with van der Waals surface area (Å²) in [5.74, 6) is -0.241. The number of piperazine rings is 1. The second-order valence-electron chi connectivity index (χ2n) is 8.15. The van der Waals surface area contributed by atoms with Gasteiger partial charge >= 0.3 is 0 Å². The van der Waals surface area contributed by atoms with Crippen LogP contribution in [0.1, 0.15) is 17.2 Å². The second-order valence-corrected chi connectivity index (χ2v) is 10.8. The topological polar surface area (TPSA) is 69.7 Å². The molecule has 1 N–H and O–H groups in total. The Bertz CT molecular complexity index is 1270. The summed E-state index contributed by atoms with van der Waals surface area (Å²) >= 11 is 12.2. The Labute approximate surface area is 215 Å². The van der Waals surface area contributed by atoms with Crippen LogP contribution in [-0.4, -0.2) is 49.7 Å². The van der Waals surface area contributed by atoms with Crippen LogP contribution in [0.25, 0.3) is 6.08 Å². The zero-order valence-electron chi connectivity index (χ0n) is 18.8. The molecule has 1 aliphatic heterocycles. The second kappa shape index (κ2) is 11.4. The summed E-state index contributed by atoms with van der Waals surface area (Å²) in [6.07, 6.45) is 1.60. The van der Waals surface area contributed by atoms with Crippen molar-refractivity contribution >= 4 is 50.9 Å². The lowest BCUT2D eigenvalue weighted by molar-refractivity contribution is -0.122. The molecule has 1 fully saturated rings. The minimum absolute atomic E-state index is 0.241. The van der Waals surface area contributed by atoms with Crippen LogP contribution in [0.5, 0.6) is 0 Å². The predicted octanol–water partition coefficient (Wildman–Crippen LogP) is 5.29. The largest absolute Gasteiger partial charge is 0.324 e. The van der Waals surface area contributed by atoms with E-state index in [0.29, 0.717) is 28.8 Å². The molecule has 6 nitrogen and oxygen atoms in total. The Morgan fingerprint density at radius 2 is 1.43 bits per heavy atom. The minimum atomic E-state index is -3.58. The smallest absolute Gasteiger partial charge is 0.246 e. The van der Waals surface area contributed by atoms with Gasteiger partial charge in [0.25, 0.3) is 0 Å². The van der Waals surface area contributed by atoms with Gasteiger partial charge < -0.3 is 5.32 Å². The Hall–Kier alpha value is -2.68. The summed E-state index contributed by atoms with van der Waals surface area (Å²) in [5, 5.41) is 4.99. The molecule has 0 bridgehead atoms. The first-order chi connectivity index (χ1) is 16.8. The van der Waals surface area contributed by atoms with Crippen molar-refractivity contribution in [2.75, 3.05) is 31.5 Å². The molecule has 3 aromatic rings. The van der Waals surface area contributed by atoms with Crippen LogP contribution in [0.2, 0.25) is 10.0 Å². The number of carbonyl (C=O) groups is 1. The molecule has 9 heteroatoms. The third-order valence-electron chi connectivity index (χ3n) is 5.72. The van der Waals surface area contributed by atoms with Crippen LogP contribution < -0.4 is 5.32 Å². The minimum Gasteiger partial charge on any atom is -0.324 e. The molecule has 0 saturated carbocycles. The van der Waals surface area contributed by atoms with Crippen molar-refractivity contribution < 1.29 is 13.2 Å². The molecule has 3 aromatic carbocycles. The molecule has 1 saturated heterocycles. The Morgan fingerprint density at radius 3 is 2.03 bits per heavy atom. The van der Waals surface area contributed by atoms with Gasteiger partial charge in [-0.2, -0.15) is 4.31 Å². The van der Waals surface area contributed by atoms with E-state index < -0.39 is 16.1 Å². The highest BCUT2D eigenvalue weighted by Gasteiger charge is 2.33. The number of hydrogen-bond acceptors (Lipinski definition) is 4. The lowest BCUT2D eigenvalue weighted by Gasteiger charge is -2.37. The molecule has 1 unspecified atom stereocenters. The van der Waals surface area contributed by atoms with Crippen LogP contribution in [0.3, 0.4) is 0 Å². The SMILES string of the molecule is O=C(Nc1cc(Cl)cc(Cl)c1)C(c1ccccc1)N1CCN(S(=O)(=O)C=Cc2ccccc2)CC1. The quantitative estimate of drug-likeness (QED) is 0.451. The molecule has 182 valence electrons. The first-order valence-electron chi connectivity index (χ1n) is 11.1. The zero-order chi connectivity index (χ0) is 24.8. The zero-order valence-corrected chi connectivity index (χ0v) is 21.2. The number of anilines is 1. The molecule has 4 rings (SSSR count). The molecule has 0 spiro atoms. The number of rotatable bonds is 7. The van der Waals surface area contributed by atoms with E-state index in [4.69, 9.17) is 23.2 Å². The van der Waals surface area contributed by atoms with Crippen LogP contribution in [0.4, 0.5) is 5.69 Å². The standard InChI is InChI=1S/C26H25Cl2N3O3S/c27-22-17-23(28)19-24(18-22)29-26(32)25(21-9-5-2-6-10-21)30-12-14-31(15-13-30)35(33,34)16-11-20-7-3-1-4-8-20/h1-11,16-19,25H,12-15H2,(H,29,32). The van der Waals surface area contributed by atoms with E-state index in [-0.39, 0.29) is 19.0 Å². The Kier molecular flexibility index (Phi) is 8.26. The normalized spacial score (nSPS) is 16.3. The number of halogens is 2. The van der Waals surface area contributed by atoms with Gasteiger partial charge in [0.2, 0.25) is 15.9 Å². The van der Waals surface area contributed by atoms with Crippen molar-refractivity contribution in [1.29, 1.82) is 0 Å². The number of hydrogen-bond donors (Lipinski definition) is 1. The lowest BCUT2D eigenvalue weighted by atomic mass is 10.0. The molecular formula is C26H25Cl2N3O3S. The van der Waals surface area contributed by atoms with Crippen molar-refractivity contribution in [3.8, 4) is 0 Å². The van der Waals surface area contributed by atoms with Crippen molar-refractivity contribution in [3.63, 3.8) is 0 Å². The van der Waals surface area contributed by atoms with Gasteiger partial charge in [-0.15, -0.1) is 0 Å². The summed E-state index contributed by atoms with van der Waals surface area (Å²) in [4.78, 5) is 15.4. The van der Waals surface area contributed by atoms with E-state index in [0.717, 1.165) is 11.1 Å². The average molecular weight is 530 g/mol. The average Bonchev–Trinajstić information content (AvgIpc) is 2.84. The van der Waals surface area contributed by atoms with Gasteiger partial charge in [0, 0.05) is 47.3 Å². The summed E-state index contributed by atoms with van der Waals surface area (Å²) in [7, 11) is -3.58. The van der Waals surface area contributed by atoms with Gasteiger partial charge in [0.15, 0.2) is 0 Å². The molecule has 1 heterocycles. The number of nitrogens with zero attached hydrogens (tertiary/aromatic N) is 2. The van der Waals surface area contributed by atoms with Crippen molar-refractivity contribution in [2.45, 2.75) is 6.04 Å². The fourth-order valence-corrected chi connectivity index (χ4v) is 5.73. The molecule has 1 amide bonds. The van der Waals surface area contributed by atoms with Crippen LogP contribution in [-0.2, 0) is 14.8 Å². The molecule has 1 atom stereocenters. The highest BCUT2D eigenvalue weighted by Crippen LogP contribution is 2.27. The van der Waals surface area contributed by atoms with E-state index in [1.54, 1.807) is 24.3 Å². The van der Waals surface area contributed by atoms with Gasteiger partial charge in [-0.25, -0.2) is 8.42 Å². The summed E-state index contributed by atoms with van der Waals surface area (Å²) in [6.45, 7) is 1.37. The summed E-state index contributed by atoms with van der Waals surface area (Å²) in [5.41, 5.74) is 2.13. The van der Waals surface area contributed by atoms with Crippen molar-refractivity contribution in [3.05, 3.63) is 105 Å². The number of amides is 1. The maximum atomic E-state index is 13.4. The van der Waals surface area contributed by atoms with Crippen LogP contribution >= 0.6 is 23.2 Å². The van der Waals surface area contributed by atoms with Gasteiger partial charge in [0.05, 0.1) is 0 Å². The maximum Gasteiger partial charge on any atom is 0.246 e. The lowest BCUT2D eigenvalue weighted by Crippen LogP contribution is -2.51. The van der Waals surface area contributed by atoms with E-state index >= 15 is 0 Å². The first kappa shape index (κ1) is 25.4. The molecule has 0 radical (unpaired) electrons.